The van der Waals surface area contributed by atoms with Crippen molar-refractivity contribution in [2.75, 3.05) is 13.1 Å². The number of piperidine rings is 1. The highest BCUT2D eigenvalue weighted by atomic mass is 32.2. The van der Waals surface area contributed by atoms with E-state index in [2.05, 4.69) is 21.9 Å². The first kappa shape index (κ1) is 14.4. The van der Waals surface area contributed by atoms with Gasteiger partial charge in [0.2, 0.25) is 5.91 Å². The number of H-pyrrole nitrogens is 1. The Labute approximate surface area is 128 Å². The van der Waals surface area contributed by atoms with E-state index in [9.17, 15) is 4.79 Å². The van der Waals surface area contributed by atoms with Crippen molar-refractivity contribution in [1.82, 2.24) is 19.9 Å². The van der Waals surface area contributed by atoms with Crippen LogP contribution in [0.2, 0.25) is 0 Å². The second-order valence-electron chi connectivity index (χ2n) is 5.32. The number of amides is 1. The normalized spacial score (nSPS) is 17.1. The van der Waals surface area contributed by atoms with Crippen LogP contribution >= 0.6 is 11.8 Å². The Kier molecular flexibility index (Phi) is 4.43. The molecule has 1 N–H and O–H groups in total. The van der Waals surface area contributed by atoms with Gasteiger partial charge in [0, 0.05) is 19.3 Å². The number of nitrogens with zero attached hydrogens (tertiary/aromatic N) is 3. The summed E-state index contributed by atoms with van der Waals surface area (Å²) in [4.78, 5) is 26.5. The molecule has 3 rings (SSSR count). The third-order valence-corrected chi connectivity index (χ3v) is 5.04. The van der Waals surface area contributed by atoms with Gasteiger partial charge in [-0.25, -0.2) is 9.97 Å². The van der Waals surface area contributed by atoms with E-state index < -0.39 is 0 Å². The molecule has 0 aliphatic carbocycles. The Morgan fingerprint density at radius 1 is 1.43 bits per heavy atom. The Hall–Kier alpha value is -1.56. The summed E-state index contributed by atoms with van der Waals surface area (Å²) in [5, 5.41) is 0.713. The van der Waals surface area contributed by atoms with Crippen molar-refractivity contribution in [2.45, 2.75) is 43.0 Å². The van der Waals surface area contributed by atoms with Gasteiger partial charge in [-0.15, -0.1) is 0 Å². The molecule has 1 aliphatic rings. The fourth-order valence-corrected chi connectivity index (χ4v) is 3.63. The lowest BCUT2D eigenvalue weighted by molar-refractivity contribution is -0.131. The van der Waals surface area contributed by atoms with E-state index in [1.165, 1.54) is 18.2 Å². The number of aromatic amines is 1. The molecule has 112 valence electrons. The van der Waals surface area contributed by atoms with E-state index >= 15 is 0 Å². The SMILES string of the molecule is CC[C@@H](Sc1nc2ncccc2[nH]1)C(=O)N1CCCCC1. The van der Waals surface area contributed by atoms with Crippen LogP contribution in [0.15, 0.2) is 23.5 Å². The first-order valence-electron chi connectivity index (χ1n) is 7.54. The van der Waals surface area contributed by atoms with Crippen molar-refractivity contribution in [1.29, 1.82) is 0 Å². The molecule has 21 heavy (non-hydrogen) atoms. The molecule has 6 heteroatoms. The number of thioether (sulfide) groups is 1. The number of pyridine rings is 1. The molecule has 3 heterocycles. The molecule has 1 atom stereocenters. The van der Waals surface area contributed by atoms with E-state index in [-0.39, 0.29) is 11.2 Å². The quantitative estimate of drug-likeness (QED) is 0.882. The number of likely N-dealkylation sites (tertiary alicyclic amines) is 1. The second kappa shape index (κ2) is 6.47. The maximum absolute atomic E-state index is 12.6. The molecule has 0 radical (unpaired) electrons. The molecule has 1 aliphatic heterocycles. The predicted octanol–water partition coefficient (Wildman–Crippen LogP) is 2.84. The first-order valence-corrected chi connectivity index (χ1v) is 8.42. The van der Waals surface area contributed by atoms with Crippen molar-refractivity contribution in [2.24, 2.45) is 0 Å². The molecule has 0 spiro atoms. The molecule has 0 aromatic carbocycles. The zero-order valence-electron chi connectivity index (χ0n) is 12.2. The Bertz CT molecular complexity index is 588. The summed E-state index contributed by atoms with van der Waals surface area (Å²) in [6.45, 7) is 3.86. The molecule has 2 aromatic rings. The third-order valence-electron chi connectivity index (χ3n) is 3.80. The predicted molar refractivity (Wildman–Crippen MR) is 84.3 cm³/mol. The summed E-state index contributed by atoms with van der Waals surface area (Å²) in [6, 6.07) is 3.83. The number of rotatable bonds is 4. The van der Waals surface area contributed by atoms with Crippen molar-refractivity contribution in [3.63, 3.8) is 0 Å². The van der Waals surface area contributed by atoms with Gasteiger partial charge in [0.05, 0.1) is 10.8 Å². The van der Waals surface area contributed by atoms with E-state index in [0.29, 0.717) is 5.65 Å². The van der Waals surface area contributed by atoms with Crippen LogP contribution in [0.25, 0.3) is 11.2 Å². The molecular formula is C15H20N4OS. The van der Waals surface area contributed by atoms with Crippen LogP contribution in [-0.4, -0.2) is 44.1 Å². The van der Waals surface area contributed by atoms with Gasteiger partial charge in [-0.3, -0.25) is 4.79 Å². The Morgan fingerprint density at radius 2 is 2.24 bits per heavy atom. The Balaban J connectivity index is 1.72. The van der Waals surface area contributed by atoms with Crippen molar-refractivity contribution >= 4 is 28.8 Å². The number of hydrogen-bond acceptors (Lipinski definition) is 4. The molecule has 0 saturated carbocycles. The molecule has 1 fully saturated rings. The number of nitrogens with one attached hydrogen (secondary N) is 1. The third kappa shape index (κ3) is 3.20. The van der Waals surface area contributed by atoms with Crippen molar-refractivity contribution in [3.8, 4) is 0 Å². The smallest absolute Gasteiger partial charge is 0.236 e. The standard InChI is InChI=1S/C15H20N4OS/c1-2-12(14(20)19-9-4-3-5-10-19)21-15-17-11-7-6-8-16-13(11)18-15/h6-8,12H,2-5,9-10H2,1H3,(H,16,17,18)/t12-/m1/s1. The second-order valence-corrected chi connectivity index (χ2v) is 6.51. The van der Waals surface area contributed by atoms with E-state index in [1.54, 1.807) is 6.20 Å². The highest BCUT2D eigenvalue weighted by Gasteiger charge is 2.26. The molecule has 2 aromatic heterocycles. The van der Waals surface area contributed by atoms with Gasteiger partial charge in [0.25, 0.3) is 0 Å². The zero-order chi connectivity index (χ0) is 14.7. The number of carbonyl (C=O) groups excluding carboxylic acids is 1. The lowest BCUT2D eigenvalue weighted by atomic mass is 10.1. The minimum Gasteiger partial charge on any atom is -0.342 e. The van der Waals surface area contributed by atoms with Crippen LogP contribution < -0.4 is 0 Å². The van der Waals surface area contributed by atoms with Crippen molar-refractivity contribution < 1.29 is 4.79 Å². The zero-order valence-corrected chi connectivity index (χ0v) is 13.0. The van der Waals surface area contributed by atoms with E-state index in [0.717, 1.165) is 43.0 Å². The number of aromatic nitrogens is 3. The molecule has 5 nitrogen and oxygen atoms in total. The first-order chi connectivity index (χ1) is 10.3. The maximum atomic E-state index is 12.6. The summed E-state index contributed by atoms with van der Waals surface area (Å²) >= 11 is 1.52. The van der Waals surface area contributed by atoms with Crippen LogP contribution in [0.1, 0.15) is 32.6 Å². The average Bonchev–Trinajstić information content (AvgIpc) is 2.95. The van der Waals surface area contributed by atoms with Crippen LogP contribution in [0.4, 0.5) is 0 Å². The lowest BCUT2D eigenvalue weighted by Crippen LogP contribution is -2.40. The monoisotopic (exact) mass is 304 g/mol. The lowest BCUT2D eigenvalue weighted by Gasteiger charge is -2.29. The summed E-state index contributed by atoms with van der Waals surface area (Å²) in [5.74, 6) is 0.246. The number of hydrogen-bond donors (Lipinski definition) is 1. The van der Waals surface area contributed by atoms with Crippen LogP contribution in [0.3, 0.4) is 0 Å². The minimum atomic E-state index is -0.0661. The van der Waals surface area contributed by atoms with Gasteiger partial charge >= 0.3 is 0 Å². The topological polar surface area (TPSA) is 61.9 Å². The summed E-state index contributed by atoms with van der Waals surface area (Å²) in [5.41, 5.74) is 1.63. The number of fused-ring (bicyclic) bond motifs is 1. The van der Waals surface area contributed by atoms with Crippen LogP contribution in [-0.2, 0) is 4.79 Å². The summed E-state index contributed by atoms with van der Waals surface area (Å²) in [6.07, 6.45) is 6.03. The van der Waals surface area contributed by atoms with Crippen LogP contribution in [0, 0.1) is 0 Å². The number of carbonyl (C=O) groups is 1. The molecule has 0 unspecified atom stereocenters. The molecule has 1 saturated heterocycles. The maximum Gasteiger partial charge on any atom is 0.236 e. The largest absolute Gasteiger partial charge is 0.342 e. The highest BCUT2D eigenvalue weighted by molar-refractivity contribution is 8.00. The van der Waals surface area contributed by atoms with Gasteiger partial charge in [0.15, 0.2) is 10.8 Å². The fraction of sp³-hybridized carbons (Fsp3) is 0.533. The van der Waals surface area contributed by atoms with Crippen molar-refractivity contribution in [3.05, 3.63) is 18.3 Å². The minimum absolute atomic E-state index is 0.0661. The highest BCUT2D eigenvalue weighted by Crippen LogP contribution is 2.27. The fourth-order valence-electron chi connectivity index (χ4n) is 2.64. The van der Waals surface area contributed by atoms with Gasteiger partial charge in [-0.2, -0.15) is 0 Å². The summed E-state index contributed by atoms with van der Waals surface area (Å²) < 4.78 is 0. The van der Waals surface area contributed by atoms with Gasteiger partial charge < -0.3 is 9.88 Å². The van der Waals surface area contributed by atoms with E-state index in [4.69, 9.17) is 0 Å². The van der Waals surface area contributed by atoms with Gasteiger partial charge in [-0.05, 0) is 37.8 Å². The molecular weight excluding hydrogens is 284 g/mol. The molecule has 1 amide bonds. The van der Waals surface area contributed by atoms with E-state index in [1.807, 2.05) is 17.0 Å². The van der Waals surface area contributed by atoms with Crippen LogP contribution in [0.5, 0.6) is 0 Å². The Morgan fingerprint density at radius 3 is 2.95 bits per heavy atom. The summed E-state index contributed by atoms with van der Waals surface area (Å²) in [7, 11) is 0. The number of imidazole rings is 1. The van der Waals surface area contributed by atoms with Gasteiger partial charge in [-0.1, -0.05) is 18.7 Å². The molecule has 0 bridgehead atoms. The average molecular weight is 304 g/mol. The van der Waals surface area contributed by atoms with Gasteiger partial charge in [0.1, 0.15) is 0 Å².